The lowest BCUT2D eigenvalue weighted by molar-refractivity contribution is -0.163. The second-order valence-electron chi connectivity index (χ2n) is 8.61. The fourth-order valence-corrected chi connectivity index (χ4v) is 3.97. The van der Waals surface area contributed by atoms with Crippen molar-refractivity contribution >= 4 is 11.9 Å². The summed E-state index contributed by atoms with van der Waals surface area (Å²) in [5.74, 6) is -0.241. The van der Waals surface area contributed by atoms with Gasteiger partial charge in [0.1, 0.15) is 11.5 Å². The van der Waals surface area contributed by atoms with Crippen molar-refractivity contribution in [3.05, 3.63) is 35.4 Å². The average molecular weight is 389 g/mol. The summed E-state index contributed by atoms with van der Waals surface area (Å²) in [5, 5.41) is 0. The van der Waals surface area contributed by atoms with Crippen LogP contribution in [-0.4, -0.2) is 24.6 Å². The van der Waals surface area contributed by atoms with Gasteiger partial charge in [0.15, 0.2) is 0 Å². The minimum absolute atomic E-state index is 0.183. The summed E-state index contributed by atoms with van der Waals surface area (Å²) in [6.07, 6.45) is 7.04. The van der Waals surface area contributed by atoms with Crippen LogP contribution >= 0.6 is 0 Å². The van der Waals surface area contributed by atoms with Gasteiger partial charge in [0.05, 0.1) is 12.2 Å². The van der Waals surface area contributed by atoms with Crippen LogP contribution in [0.1, 0.15) is 88.1 Å². The van der Waals surface area contributed by atoms with E-state index in [1.165, 1.54) is 0 Å². The second-order valence-corrected chi connectivity index (χ2v) is 8.61. The van der Waals surface area contributed by atoms with Crippen LogP contribution in [0.5, 0.6) is 0 Å². The maximum absolute atomic E-state index is 13.1. The normalized spacial score (nSPS) is 21.7. The molecule has 1 fully saturated rings. The van der Waals surface area contributed by atoms with Crippen molar-refractivity contribution < 1.29 is 19.1 Å². The van der Waals surface area contributed by atoms with Gasteiger partial charge >= 0.3 is 11.9 Å². The van der Waals surface area contributed by atoms with Crippen LogP contribution in [0.15, 0.2) is 24.3 Å². The third kappa shape index (κ3) is 5.83. The Balaban J connectivity index is 2.14. The molecule has 156 valence electrons. The Kier molecular flexibility index (Phi) is 8.53. The van der Waals surface area contributed by atoms with E-state index in [1.807, 2.05) is 32.9 Å². The molecule has 0 radical (unpaired) electrons. The van der Waals surface area contributed by atoms with Gasteiger partial charge < -0.3 is 9.47 Å². The number of benzene rings is 1. The Morgan fingerprint density at radius 2 is 1.86 bits per heavy atom. The van der Waals surface area contributed by atoms with Crippen LogP contribution in [0.2, 0.25) is 0 Å². The van der Waals surface area contributed by atoms with Crippen LogP contribution in [0.3, 0.4) is 0 Å². The summed E-state index contributed by atoms with van der Waals surface area (Å²) >= 11 is 0. The van der Waals surface area contributed by atoms with Gasteiger partial charge in [-0.1, -0.05) is 64.2 Å². The molecule has 1 saturated carbocycles. The summed E-state index contributed by atoms with van der Waals surface area (Å²) < 4.78 is 11.5. The van der Waals surface area contributed by atoms with Crippen molar-refractivity contribution in [3.63, 3.8) is 0 Å². The zero-order chi connectivity index (χ0) is 20.6. The van der Waals surface area contributed by atoms with E-state index in [0.717, 1.165) is 56.9 Å². The number of hydrogen-bond donors (Lipinski definition) is 0. The predicted octanol–water partition coefficient (Wildman–Crippen LogP) is 5.86. The fourth-order valence-electron chi connectivity index (χ4n) is 3.97. The number of hydrogen-bond acceptors (Lipinski definition) is 4. The maximum Gasteiger partial charge on any atom is 0.338 e. The predicted molar refractivity (Wildman–Crippen MR) is 111 cm³/mol. The van der Waals surface area contributed by atoms with E-state index in [-0.39, 0.29) is 17.9 Å². The Morgan fingerprint density at radius 1 is 1.14 bits per heavy atom. The van der Waals surface area contributed by atoms with E-state index in [4.69, 9.17) is 9.47 Å². The molecule has 0 heterocycles. The van der Waals surface area contributed by atoms with Crippen molar-refractivity contribution in [1.29, 1.82) is 0 Å². The number of rotatable bonds is 10. The Hall–Kier alpha value is -1.84. The molecular formula is C24H36O4. The molecule has 2 rings (SSSR count). The molecular weight excluding hydrogens is 352 g/mol. The van der Waals surface area contributed by atoms with Gasteiger partial charge in [0.2, 0.25) is 0 Å². The van der Waals surface area contributed by atoms with Crippen LogP contribution in [0.4, 0.5) is 0 Å². The third-order valence-electron chi connectivity index (χ3n) is 5.67. The third-order valence-corrected chi connectivity index (χ3v) is 5.67. The van der Waals surface area contributed by atoms with Crippen LogP contribution in [-0.2, 0) is 14.3 Å². The number of ether oxygens (including phenoxy) is 2. The number of carbonyl (C=O) groups excluding carboxylic acids is 2. The lowest BCUT2D eigenvalue weighted by Crippen LogP contribution is -2.42. The quantitative estimate of drug-likeness (QED) is 0.372. The van der Waals surface area contributed by atoms with Crippen molar-refractivity contribution in [2.45, 2.75) is 85.2 Å². The molecule has 4 heteroatoms. The first-order valence-corrected chi connectivity index (χ1v) is 10.8. The lowest BCUT2D eigenvalue weighted by Gasteiger charge is -2.33. The second kappa shape index (κ2) is 10.6. The molecule has 2 atom stereocenters. The minimum Gasteiger partial charge on any atom is -0.465 e. The van der Waals surface area contributed by atoms with Gasteiger partial charge in [-0.05, 0) is 50.7 Å². The summed E-state index contributed by atoms with van der Waals surface area (Å²) in [4.78, 5) is 25.8. The minimum atomic E-state index is -0.691. The number of unbranched alkanes of at least 4 members (excludes halogenated alkanes) is 3. The van der Waals surface area contributed by atoms with E-state index >= 15 is 0 Å². The molecule has 1 aromatic rings. The smallest absolute Gasteiger partial charge is 0.338 e. The molecule has 0 bridgehead atoms. The summed E-state index contributed by atoms with van der Waals surface area (Å²) in [6, 6.07) is 7.37. The van der Waals surface area contributed by atoms with Gasteiger partial charge in [0.25, 0.3) is 0 Å². The van der Waals surface area contributed by atoms with Crippen LogP contribution < -0.4 is 0 Å². The largest absolute Gasteiger partial charge is 0.465 e. The molecule has 0 N–H and O–H groups in total. The summed E-state index contributed by atoms with van der Waals surface area (Å²) in [6.45, 7) is 8.64. The van der Waals surface area contributed by atoms with Crippen molar-refractivity contribution in [2.75, 3.05) is 6.61 Å². The summed E-state index contributed by atoms with van der Waals surface area (Å²) in [5.41, 5.74) is 0.941. The van der Waals surface area contributed by atoms with Crippen molar-refractivity contribution in [3.8, 4) is 0 Å². The van der Waals surface area contributed by atoms with Crippen molar-refractivity contribution in [2.24, 2.45) is 11.3 Å². The van der Waals surface area contributed by atoms with E-state index in [9.17, 15) is 9.59 Å². The Labute approximate surface area is 170 Å². The summed E-state index contributed by atoms with van der Waals surface area (Å²) in [7, 11) is 0. The SMILES string of the molecule is CCCCCCC1(C(=O)OCC(C)C)CCCC1OC(=O)c1ccc(C)cc1. The lowest BCUT2D eigenvalue weighted by atomic mass is 9.78. The highest BCUT2D eigenvalue weighted by Gasteiger charge is 2.52. The molecule has 4 nitrogen and oxygen atoms in total. The highest BCUT2D eigenvalue weighted by atomic mass is 16.6. The standard InChI is InChI=1S/C24H36O4/c1-5-6-7-8-15-24(23(26)27-17-18(2)3)16-9-10-21(24)28-22(25)20-13-11-19(4)12-14-20/h11-14,18,21H,5-10,15-17H2,1-4H3. The first-order valence-electron chi connectivity index (χ1n) is 10.8. The molecule has 1 aliphatic carbocycles. The zero-order valence-corrected chi connectivity index (χ0v) is 18.0. The zero-order valence-electron chi connectivity index (χ0n) is 18.0. The van der Waals surface area contributed by atoms with Gasteiger partial charge in [-0.2, -0.15) is 0 Å². The molecule has 0 saturated heterocycles. The first-order chi connectivity index (χ1) is 13.4. The molecule has 0 spiro atoms. The molecule has 1 aliphatic rings. The maximum atomic E-state index is 13.1. The fraction of sp³-hybridized carbons (Fsp3) is 0.667. The molecule has 2 unspecified atom stereocenters. The number of esters is 2. The molecule has 1 aromatic carbocycles. The van der Waals surface area contributed by atoms with Crippen molar-refractivity contribution in [1.82, 2.24) is 0 Å². The van der Waals surface area contributed by atoms with E-state index in [1.54, 1.807) is 12.1 Å². The molecule has 28 heavy (non-hydrogen) atoms. The first kappa shape index (κ1) is 22.4. The highest BCUT2D eigenvalue weighted by Crippen LogP contribution is 2.46. The van der Waals surface area contributed by atoms with Gasteiger partial charge in [-0.25, -0.2) is 4.79 Å². The monoisotopic (exact) mass is 388 g/mol. The van der Waals surface area contributed by atoms with Crippen LogP contribution in [0, 0.1) is 18.3 Å². The average Bonchev–Trinajstić information content (AvgIpc) is 3.07. The van der Waals surface area contributed by atoms with E-state index < -0.39 is 11.5 Å². The van der Waals surface area contributed by atoms with Gasteiger partial charge in [0, 0.05) is 0 Å². The van der Waals surface area contributed by atoms with Gasteiger partial charge in [-0.15, -0.1) is 0 Å². The molecule has 0 aliphatic heterocycles. The topological polar surface area (TPSA) is 52.6 Å². The molecule has 0 amide bonds. The number of carbonyl (C=O) groups is 2. The highest BCUT2D eigenvalue weighted by molar-refractivity contribution is 5.90. The van der Waals surface area contributed by atoms with E-state index in [2.05, 4.69) is 6.92 Å². The number of aryl methyl sites for hydroxylation is 1. The molecule has 0 aromatic heterocycles. The Morgan fingerprint density at radius 3 is 2.50 bits per heavy atom. The van der Waals surface area contributed by atoms with Gasteiger partial charge in [-0.3, -0.25) is 4.79 Å². The van der Waals surface area contributed by atoms with E-state index in [0.29, 0.717) is 12.2 Å². The van der Waals surface area contributed by atoms with Crippen LogP contribution in [0.25, 0.3) is 0 Å². The Bertz CT molecular complexity index is 635.